The van der Waals surface area contributed by atoms with E-state index in [2.05, 4.69) is 24.5 Å². The fourth-order valence-corrected chi connectivity index (χ4v) is 2.58. The van der Waals surface area contributed by atoms with Gasteiger partial charge in [-0.2, -0.15) is 0 Å². The lowest BCUT2D eigenvalue weighted by Crippen LogP contribution is -2.46. The Balaban J connectivity index is 1.84. The van der Waals surface area contributed by atoms with E-state index in [1.54, 1.807) is 0 Å². The van der Waals surface area contributed by atoms with E-state index < -0.39 is 0 Å². The molecule has 2 N–H and O–H groups in total. The zero-order valence-electron chi connectivity index (χ0n) is 13.7. The molecule has 0 saturated carbocycles. The van der Waals surface area contributed by atoms with Crippen LogP contribution in [0.4, 0.5) is 0 Å². The molecule has 1 aliphatic rings. The van der Waals surface area contributed by atoms with Gasteiger partial charge in [0, 0.05) is 12.1 Å². The van der Waals surface area contributed by atoms with Crippen LogP contribution >= 0.6 is 0 Å². The first-order chi connectivity index (χ1) is 10.7. The van der Waals surface area contributed by atoms with Crippen molar-refractivity contribution in [3.05, 3.63) is 29.8 Å². The van der Waals surface area contributed by atoms with Crippen LogP contribution in [0.1, 0.15) is 45.1 Å². The number of piperidine rings is 1. The molecule has 1 atom stereocenters. The summed E-state index contributed by atoms with van der Waals surface area (Å²) in [6, 6.07) is 7.90. The molecule has 0 bridgehead atoms. The number of amides is 1. The van der Waals surface area contributed by atoms with Gasteiger partial charge in [0.25, 0.3) is 0 Å². The number of carbonyl (C=O) groups is 1. The van der Waals surface area contributed by atoms with Crippen molar-refractivity contribution in [3.8, 4) is 5.75 Å². The maximum Gasteiger partial charge on any atom is 0.237 e. The highest BCUT2D eigenvalue weighted by Crippen LogP contribution is 2.18. The third-order valence-corrected chi connectivity index (χ3v) is 4.01. The van der Waals surface area contributed by atoms with Crippen LogP contribution in [0.5, 0.6) is 5.75 Å². The van der Waals surface area contributed by atoms with E-state index >= 15 is 0 Å². The van der Waals surface area contributed by atoms with E-state index in [4.69, 9.17) is 4.74 Å². The number of para-hydroxylation sites is 1. The van der Waals surface area contributed by atoms with Gasteiger partial charge in [-0.3, -0.25) is 4.79 Å². The van der Waals surface area contributed by atoms with Crippen molar-refractivity contribution in [1.29, 1.82) is 0 Å². The highest BCUT2D eigenvalue weighted by molar-refractivity contribution is 5.81. The summed E-state index contributed by atoms with van der Waals surface area (Å²) in [5, 5.41) is 6.30. The highest BCUT2D eigenvalue weighted by atomic mass is 16.5. The molecule has 1 fully saturated rings. The van der Waals surface area contributed by atoms with Crippen LogP contribution in [0, 0.1) is 5.92 Å². The van der Waals surface area contributed by atoms with Gasteiger partial charge in [-0.25, -0.2) is 0 Å². The number of benzene rings is 1. The Morgan fingerprint density at radius 2 is 2.18 bits per heavy atom. The lowest BCUT2D eigenvalue weighted by Gasteiger charge is -2.22. The second-order valence-corrected chi connectivity index (χ2v) is 6.36. The molecule has 0 spiro atoms. The van der Waals surface area contributed by atoms with E-state index in [1.807, 2.05) is 24.3 Å². The Morgan fingerprint density at radius 3 is 2.91 bits per heavy atom. The van der Waals surface area contributed by atoms with E-state index in [0.29, 0.717) is 19.1 Å². The first-order valence-electron chi connectivity index (χ1n) is 8.38. The Hall–Kier alpha value is -1.55. The number of carbonyl (C=O) groups excluding carboxylic acids is 1. The normalized spacial score (nSPS) is 18.2. The van der Waals surface area contributed by atoms with Gasteiger partial charge in [0.05, 0.1) is 12.6 Å². The summed E-state index contributed by atoms with van der Waals surface area (Å²) in [4.78, 5) is 12.2. The van der Waals surface area contributed by atoms with Gasteiger partial charge >= 0.3 is 0 Å². The third-order valence-electron chi connectivity index (χ3n) is 4.01. The first-order valence-corrected chi connectivity index (χ1v) is 8.38. The number of hydrogen-bond donors (Lipinski definition) is 2. The van der Waals surface area contributed by atoms with Gasteiger partial charge in [0.1, 0.15) is 5.75 Å². The van der Waals surface area contributed by atoms with E-state index in [0.717, 1.165) is 43.5 Å². The average Bonchev–Trinajstić information content (AvgIpc) is 2.54. The van der Waals surface area contributed by atoms with Crippen molar-refractivity contribution in [2.24, 2.45) is 5.92 Å². The number of ether oxygens (including phenoxy) is 1. The van der Waals surface area contributed by atoms with Crippen LogP contribution in [-0.4, -0.2) is 25.1 Å². The molecule has 4 nitrogen and oxygen atoms in total. The van der Waals surface area contributed by atoms with Crippen molar-refractivity contribution in [2.45, 2.75) is 52.1 Å². The predicted octanol–water partition coefficient (Wildman–Crippen LogP) is 2.87. The third kappa shape index (κ3) is 5.34. The van der Waals surface area contributed by atoms with Crippen LogP contribution in [0.15, 0.2) is 24.3 Å². The molecule has 0 aliphatic carbocycles. The molecule has 1 heterocycles. The van der Waals surface area contributed by atoms with Crippen LogP contribution in [-0.2, 0) is 11.3 Å². The number of rotatable bonds is 7. The van der Waals surface area contributed by atoms with E-state index in [9.17, 15) is 4.79 Å². The summed E-state index contributed by atoms with van der Waals surface area (Å²) in [6.45, 7) is 6.55. The standard InChI is InChI=1S/C18H28N2O2/c1-14(2)10-12-22-17-9-4-3-7-15(17)13-20-18(21)16-8-5-6-11-19-16/h3-4,7,9,14,16,19H,5-6,8,10-13H2,1-2H3,(H,20,21). The predicted molar refractivity (Wildman–Crippen MR) is 88.9 cm³/mol. The fraction of sp³-hybridized carbons (Fsp3) is 0.611. The molecule has 122 valence electrons. The minimum absolute atomic E-state index is 0.0391. The van der Waals surface area contributed by atoms with E-state index in [1.165, 1.54) is 0 Å². The molecular formula is C18H28N2O2. The number of nitrogens with one attached hydrogen (secondary N) is 2. The molecule has 1 saturated heterocycles. The molecule has 1 aromatic carbocycles. The van der Waals surface area contributed by atoms with Crippen LogP contribution in [0.25, 0.3) is 0 Å². The van der Waals surface area contributed by atoms with Gasteiger partial charge < -0.3 is 15.4 Å². The average molecular weight is 304 g/mol. The molecule has 0 aromatic heterocycles. The smallest absolute Gasteiger partial charge is 0.237 e. The Labute approximate surface area is 133 Å². The zero-order valence-corrected chi connectivity index (χ0v) is 13.7. The summed E-state index contributed by atoms with van der Waals surface area (Å²) in [5.74, 6) is 1.60. The summed E-state index contributed by atoms with van der Waals surface area (Å²) >= 11 is 0. The molecule has 1 unspecified atom stereocenters. The summed E-state index contributed by atoms with van der Waals surface area (Å²) in [5.41, 5.74) is 1.04. The van der Waals surface area contributed by atoms with Crippen molar-refractivity contribution >= 4 is 5.91 Å². The number of hydrogen-bond acceptors (Lipinski definition) is 3. The van der Waals surface area contributed by atoms with Gasteiger partial charge in [-0.05, 0) is 37.8 Å². The lowest BCUT2D eigenvalue weighted by molar-refractivity contribution is -0.123. The topological polar surface area (TPSA) is 50.4 Å². The Morgan fingerprint density at radius 1 is 1.36 bits per heavy atom. The van der Waals surface area contributed by atoms with Crippen molar-refractivity contribution < 1.29 is 9.53 Å². The minimum Gasteiger partial charge on any atom is -0.493 e. The molecule has 2 rings (SSSR count). The molecule has 0 radical (unpaired) electrons. The Kier molecular flexibility index (Phi) is 6.72. The SMILES string of the molecule is CC(C)CCOc1ccccc1CNC(=O)C1CCCCN1. The van der Waals surface area contributed by atoms with Gasteiger partial charge in [0.2, 0.25) is 5.91 Å². The molecule has 1 aromatic rings. The highest BCUT2D eigenvalue weighted by Gasteiger charge is 2.20. The first kappa shape index (κ1) is 16.8. The quantitative estimate of drug-likeness (QED) is 0.814. The summed E-state index contributed by atoms with van der Waals surface area (Å²) in [6.07, 6.45) is 4.25. The molecular weight excluding hydrogens is 276 g/mol. The van der Waals surface area contributed by atoms with Crippen LogP contribution in [0.3, 0.4) is 0 Å². The van der Waals surface area contributed by atoms with Gasteiger partial charge in [0.15, 0.2) is 0 Å². The van der Waals surface area contributed by atoms with E-state index in [-0.39, 0.29) is 11.9 Å². The van der Waals surface area contributed by atoms with Crippen molar-refractivity contribution in [1.82, 2.24) is 10.6 Å². The van der Waals surface area contributed by atoms with Crippen molar-refractivity contribution in [3.63, 3.8) is 0 Å². The maximum atomic E-state index is 12.2. The maximum absolute atomic E-state index is 12.2. The summed E-state index contributed by atoms with van der Waals surface area (Å²) in [7, 11) is 0. The lowest BCUT2D eigenvalue weighted by atomic mass is 10.0. The van der Waals surface area contributed by atoms with Crippen LogP contribution in [0.2, 0.25) is 0 Å². The summed E-state index contributed by atoms with van der Waals surface area (Å²) < 4.78 is 5.86. The zero-order chi connectivity index (χ0) is 15.8. The van der Waals surface area contributed by atoms with Gasteiger partial charge in [-0.1, -0.05) is 38.5 Å². The molecule has 4 heteroatoms. The van der Waals surface area contributed by atoms with Gasteiger partial charge in [-0.15, -0.1) is 0 Å². The Bertz CT molecular complexity index is 468. The monoisotopic (exact) mass is 304 g/mol. The molecule has 22 heavy (non-hydrogen) atoms. The second kappa shape index (κ2) is 8.79. The second-order valence-electron chi connectivity index (χ2n) is 6.36. The van der Waals surface area contributed by atoms with Crippen molar-refractivity contribution in [2.75, 3.05) is 13.2 Å². The fourth-order valence-electron chi connectivity index (χ4n) is 2.58. The molecule has 1 aliphatic heterocycles. The minimum atomic E-state index is -0.0391. The van der Waals surface area contributed by atoms with Crippen LogP contribution < -0.4 is 15.4 Å². The molecule has 1 amide bonds. The largest absolute Gasteiger partial charge is 0.493 e.